The fourth-order valence-corrected chi connectivity index (χ4v) is 1.62. The molecule has 0 bridgehead atoms. The van der Waals surface area contributed by atoms with Crippen molar-refractivity contribution in [1.82, 2.24) is 14.5 Å². The number of nitrogens with two attached hydrogens (primary N) is 1. The van der Waals surface area contributed by atoms with Crippen LogP contribution in [0.25, 0.3) is 0 Å². The Morgan fingerprint density at radius 1 is 1.41 bits per heavy atom. The maximum atomic E-state index is 11.8. The van der Waals surface area contributed by atoms with Crippen LogP contribution < -0.4 is 11.3 Å². The zero-order valence-electron chi connectivity index (χ0n) is 8.60. The largest absolute Gasteiger partial charge is 0.392 e. The van der Waals surface area contributed by atoms with Crippen molar-refractivity contribution in [1.29, 1.82) is 0 Å². The van der Waals surface area contributed by atoms with Crippen molar-refractivity contribution >= 4 is 28.9 Å². The minimum absolute atomic E-state index is 0.00655. The number of nitrogen functional groups attached to an aromatic ring is 1. The van der Waals surface area contributed by atoms with E-state index < -0.39 is 5.56 Å². The molecule has 0 aliphatic heterocycles. The molecule has 2 rings (SSSR count). The van der Waals surface area contributed by atoms with Gasteiger partial charge in [0, 0.05) is 12.4 Å². The molecule has 0 radical (unpaired) electrons. The molecule has 0 atom stereocenters. The summed E-state index contributed by atoms with van der Waals surface area (Å²) >= 11 is 11.6. The summed E-state index contributed by atoms with van der Waals surface area (Å²) in [5, 5.41) is 0.486. The van der Waals surface area contributed by atoms with Gasteiger partial charge in [0.1, 0.15) is 5.69 Å². The van der Waals surface area contributed by atoms with Gasteiger partial charge in [0.05, 0.1) is 17.9 Å². The molecule has 0 saturated heterocycles. The summed E-state index contributed by atoms with van der Waals surface area (Å²) in [7, 11) is 0. The van der Waals surface area contributed by atoms with Gasteiger partial charge in [-0.15, -0.1) is 0 Å². The molecule has 0 amide bonds. The van der Waals surface area contributed by atoms with E-state index in [1.165, 1.54) is 17.1 Å². The first-order chi connectivity index (χ1) is 8.09. The molecular formula is C10H8Cl2N4O. The smallest absolute Gasteiger partial charge is 0.278 e. The number of pyridine rings is 1. The van der Waals surface area contributed by atoms with Crippen LogP contribution in [0.2, 0.25) is 10.2 Å². The van der Waals surface area contributed by atoms with E-state index in [0.717, 1.165) is 5.56 Å². The Hall–Kier alpha value is -1.59. The molecule has 7 heteroatoms. The van der Waals surface area contributed by atoms with Gasteiger partial charge in [-0.3, -0.25) is 14.3 Å². The van der Waals surface area contributed by atoms with Crippen LogP contribution in [0.15, 0.2) is 29.6 Å². The molecule has 0 aliphatic rings. The number of halogens is 2. The lowest BCUT2D eigenvalue weighted by molar-refractivity contribution is 0.738. The molecule has 0 fully saturated rings. The average molecular weight is 271 g/mol. The third kappa shape index (κ3) is 2.40. The van der Waals surface area contributed by atoms with Crippen LogP contribution in [0.4, 0.5) is 5.69 Å². The van der Waals surface area contributed by atoms with E-state index >= 15 is 0 Å². The van der Waals surface area contributed by atoms with Gasteiger partial charge in [-0.05, 0) is 11.6 Å². The van der Waals surface area contributed by atoms with Gasteiger partial charge >= 0.3 is 0 Å². The van der Waals surface area contributed by atoms with Gasteiger partial charge in [0.15, 0.2) is 5.15 Å². The molecule has 88 valence electrons. The topological polar surface area (TPSA) is 73.8 Å². The van der Waals surface area contributed by atoms with E-state index in [0.29, 0.717) is 5.02 Å². The van der Waals surface area contributed by atoms with Crippen molar-refractivity contribution in [3.05, 3.63) is 50.9 Å². The second-order valence-electron chi connectivity index (χ2n) is 3.35. The highest BCUT2D eigenvalue weighted by Gasteiger charge is 2.08. The molecule has 0 aliphatic carbocycles. The molecule has 2 N–H and O–H groups in total. The molecule has 17 heavy (non-hydrogen) atoms. The molecule has 5 nitrogen and oxygen atoms in total. The van der Waals surface area contributed by atoms with Gasteiger partial charge in [0.25, 0.3) is 5.56 Å². The lowest BCUT2D eigenvalue weighted by atomic mass is 10.2. The highest BCUT2D eigenvalue weighted by atomic mass is 35.5. The van der Waals surface area contributed by atoms with E-state index in [4.69, 9.17) is 28.9 Å². The highest BCUT2D eigenvalue weighted by Crippen LogP contribution is 2.15. The summed E-state index contributed by atoms with van der Waals surface area (Å²) in [4.78, 5) is 19.4. The molecular weight excluding hydrogens is 263 g/mol. The van der Waals surface area contributed by atoms with Gasteiger partial charge in [-0.2, -0.15) is 0 Å². The molecule has 0 saturated carbocycles. The van der Waals surface area contributed by atoms with E-state index in [-0.39, 0.29) is 17.4 Å². The van der Waals surface area contributed by atoms with E-state index in [1.807, 2.05) is 0 Å². The van der Waals surface area contributed by atoms with Crippen molar-refractivity contribution in [3.8, 4) is 0 Å². The standard InChI is InChI=1S/C10H8Cl2N4O/c11-7-3-14-2-1-6(7)4-16-5-15-9(12)8(13)10(16)17/h1-3,5H,4,13H2. The van der Waals surface area contributed by atoms with Crippen molar-refractivity contribution in [2.24, 2.45) is 0 Å². The van der Waals surface area contributed by atoms with Crippen molar-refractivity contribution < 1.29 is 0 Å². The van der Waals surface area contributed by atoms with Gasteiger partial charge in [0.2, 0.25) is 0 Å². The zero-order valence-corrected chi connectivity index (χ0v) is 10.1. The fraction of sp³-hybridized carbons (Fsp3) is 0.100. The minimum atomic E-state index is -0.391. The van der Waals surface area contributed by atoms with E-state index in [9.17, 15) is 4.79 Å². The second kappa shape index (κ2) is 4.73. The number of aromatic nitrogens is 3. The van der Waals surface area contributed by atoms with Crippen LogP contribution in [0.5, 0.6) is 0 Å². The van der Waals surface area contributed by atoms with Gasteiger partial charge in [-0.25, -0.2) is 4.98 Å². The Bertz CT molecular complexity index is 611. The zero-order chi connectivity index (χ0) is 12.4. The molecule has 2 aromatic heterocycles. The fourth-order valence-electron chi connectivity index (χ4n) is 1.31. The third-order valence-electron chi connectivity index (χ3n) is 2.22. The van der Waals surface area contributed by atoms with Crippen molar-refractivity contribution in [2.45, 2.75) is 6.54 Å². The van der Waals surface area contributed by atoms with Crippen LogP contribution in [0, 0.1) is 0 Å². The highest BCUT2D eigenvalue weighted by molar-refractivity contribution is 6.31. The maximum Gasteiger partial charge on any atom is 0.278 e. The number of nitrogens with zero attached hydrogens (tertiary/aromatic N) is 3. The predicted molar refractivity (Wildman–Crippen MR) is 66.3 cm³/mol. The Morgan fingerprint density at radius 3 is 2.88 bits per heavy atom. The first-order valence-electron chi connectivity index (χ1n) is 4.68. The molecule has 2 heterocycles. The average Bonchev–Trinajstić information content (AvgIpc) is 2.32. The second-order valence-corrected chi connectivity index (χ2v) is 4.11. The molecule has 0 aromatic carbocycles. The third-order valence-corrected chi connectivity index (χ3v) is 2.86. The summed E-state index contributed by atoms with van der Waals surface area (Å²) in [6, 6.07) is 1.72. The monoisotopic (exact) mass is 270 g/mol. The van der Waals surface area contributed by atoms with Crippen LogP contribution in [0.1, 0.15) is 5.56 Å². The van der Waals surface area contributed by atoms with Gasteiger partial charge < -0.3 is 5.73 Å². The first-order valence-corrected chi connectivity index (χ1v) is 5.44. The summed E-state index contributed by atoms with van der Waals surface area (Å²) in [5.41, 5.74) is 5.80. The van der Waals surface area contributed by atoms with Crippen LogP contribution >= 0.6 is 23.2 Å². The number of anilines is 1. The van der Waals surface area contributed by atoms with E-state index in [1.54, 1.807) is 12.3 Å². The predicted octanol–water partition coefficient (Wildman–Crippen LogP) is 1.58. The normalized spacial score (nSPS) is 10.5. The minimum Gasteiger partial charge on any atom is -0.392 e. The van der Waals surface area contributed by atoms with Crippen LogP contribution in [-0.4, -0.2) is 14.5 Å². The summed E-state index contributed by atoms with van der Waals surface area (Å²) in [5.74, 6) is 0. The lowest BCUT2D eigenvalue weighted by Gasteiger charge is -2.07. The SMILES string of the molecule is Nc1c(Cl)ncn(Cc2ccncc2Cl)c1=O. The van der Waals surface area contributed by atoms with Crippen molar-refractivity contribution in [2.75, 3.05) is 5.73 Å². The van der Waals surface area contributed by atoms with Crippen LogP contribution in [0.3, 0.4) is 0 Å². The Balaban J connectivity index is 2.41. The summed E-state index contributed by atoms with van der Waals surface area (Å²) < 4.78 is 1.34. The molecule has 2 aromatic rings. The Labute approximate surface area is 107 Å². The van der Waals surface area contributed by atoms with Gasteiger partial charge in [-0.1, -0.05) is 23.2 Å². The van der Waals surface area contributed by atoms with E-state index in [2.05, 4.69) is 9.97 Å². The Morgan fingerprint density at radius 2 is 2.18 bits per heavy atom. The van der Waals surface area contributed by atoms with Crippen molar-refractivity contribution in [3.63, 3.8) is 0 Å². The maximum absolute atomic E-state index is 11.8. The lowest BCUT2D eigenvalue weighted by Crippen LogP contribution is -2.24. The molecule has 0 spiro atoms. The first kappa shape index (κ1) is 11.9. The van der Waals surface area contributed by atoms with Crippen LogP contribution in [-0.2, 0) is 6.54 Å². The number of rotatable bonds is 2. The Kier molecular flexibility index (Phi) is 3.31. The quantitative estimate of drug-likeness (QED) is 0.841. The number of hydrogen-bond acceptors (Lipinski definition) is 4. The summed E-state index contributed by atoms with van der Waals surface area (Å²) in [6.07, 6.45) is 4.44. The number of hydrogen-bond donors (Lipinski definition) is 1. The molecule has 0 unspecified atom stereocenters. The summed E-state index contributed by atoms with van der Waals surface area (Å²) in [6.45, 7) is 0.272.